The molecule has 0 N–H and O–H groups in total. The highest BCUT2D eigenvalue weighted by Gasteiger charge is 2.20. The van der Waals surface area contributed by atoms with Crippen LogP contribution in [-0.4, -0.2) is 0 Å². The monoisotopic (exact) mass is 282 g/mol. The number of hydrogen-bond donors (Lipinski definition) is 0. The van der Waals surface area contributed by atoms with Gasteiger partial charge in [-0.25, -0.2) is 0 Å². The van der Waals surface area contributed by atoms with Gasteiger partial charge in [0.1, 0.15) is 0 Å². The Bertz CT molecular complexity index is 608. The van der Waals surface area contributed by atoms with Crippen molar-refractivity contribution in [3.63, 3.8) is 0 Å². The average Bonchev–Trinajstić information content (AvgIpc) is 2.48. The van der Waals surface area contributed by atoms with Gasteiger partial charge in [-0.1, -0.05) is 31.2 Å². The Kier molecular flexibility index (Phi) is 3.69. The van der Waals surface area contributed by atoms with Gasteiger partial charge in [0.05, 0.1) is 0 Å². The van der Waals surface area contributed by atoms with Gasteiger partial charge in [0.2, 0.25) is 0 Å². The van der Waals surface area contributed by atoms with E-state index in [0.717, 1.165) is 12.6 Å². The maximum Gasteiger partial charge on any atom is -0.0126 e. The third-order valence-electron chi connectivity index (χ3n) is 4.94. The van der Waals surface area contributed by atoms with Crippen molar-refractivity contribution in [1.82, 2.24) is 0 Å². The fourth-order valence-electron chi connectivity index (χ4n) is 3.61. The standard InChI is InChI=1S/C19H23P/c1-4-14-5-7-18-16(12(14)2)9-10-17-13(3)15(11-20)6-8-19(17)18/h5-8H,4,9-11,20H2,1-3H3. The third-order valence-corrected chi connectivity index (χ3v) is 5.38. The molecule has 0 amide bonds. The molecule has 0 saturated heterocycles. The first-order valence-electron chi connectivity index (χ1n) is 7.60. The van der Waals surface area contributed by atoms with E-state index in [1.165, 1.54) is 46.2 Å². The zero-order valence-electron chi connectivity index (χ0n) is 12.7. The van der Waals surface area contributed by atoms with Crippen molar-refractivity contribution < 1.29 is 0 Å². The van der Waals surface area contributed by atoms with Crippen LogP contribution in [0.15, 0.2) is 24.3 Å². The van der Waals surface area contributed by atoms with Crippen LogP contribution in [-0.2, 0) is 25.4 Å². The van der Waals surface area contributed by atoms with Gasteiger partial charge in [-0.15, -0.1) is 9.24 Å². The summed E-state index contributed by atoms with van der Waals surface area (Å²) >= 11 is 0. The van der Waals surface area contributed by atoms with Crippen molar-refractivity contribution in [3.8, 4) is 11.1 Å². The predicted octanol–water partition coefficient (Wildman–Crippen LogP) is 5.01. The molecule has 1 heteroatoms. The molecule has 20 heavy (non-hydrogen) atoms. The highest BCUT2D eigenvalue weighted by molar-refractivity contribution is 7.15. The van der Waals surface area contributed by atoms with Gasteiger partial charge in [0.15, 0.2) is 0 Å². The topological polar surface area (TPSA) is 0 Å². The molecule has 1 atom stereocenters. The summed E-state index contributed by atoms with van der Waals surface area (Å²) in [4.78, 5) is 0. The van der Waals surface area contributed by atoms with E-state index in [0.29, 0.717) is 0 Å². The van der Waals surface area contributed by atoms with Gasteiger partial charge in [-0.05, 0) is 83.8 Å². The molecule has 104 valence electrons. The van der Waals surface area contributed by atoms with Crippen LogP contribution in [0.4, 0.5) is 0 Å². The van der Waals surface area contributed by atoms with Crippen molar-refractivity contribution in [2.24, 2.45) is 0 Å². The Hall–Kier alpha value is -1.13. The molecule has 0 radical (unpaired) electrons. The first-order valence-corrected chi connectivity index (χ1v) is 8.42. The molecule has 2 aromatic carbocycles. The lowest BCUT2D eigenvalue weighted by Crippen LogP contribution is -2.10. The smallest absolute Gasteiger partial charge is 0.0126 e. The molecule has 0 aromatic heterocycles. The summed E-state index contributed by atoms with van der Waals surface area (Å²) in [5, 5.41) is 0. The van der Waals surface area contributed by atoms with Crippen LogP contribution in [0, 0.1) is 13.8 Å². The van der Waals surface area contributed by atoms with Gasteiger partial charge >= 0.3 is 0 Å². The molecule has 0 spiro atoms. The number of aryl methyl sites for hydroxylation is 1. The molecule has 0 heterocycles. The number of benzene rings is 2. The molecule has 1 unspecified atom stereocenters. The maximum atomic E-state index is 2.85. The lowest BCUT2D eigenvalue weighted by atomic mass is 9.79. The summed E-state index contributed by atoms with van der Waals surface area (Å²) in [5.74, 6) is 0. The fraction of sp³-hybridized carbons (Fsp3) is 0.368. The van der Waals surface area contributed by atoms with Crippen molar-refractivity contribution in [3.05, 3.63) is 57.6 Å². The summed E-state index contributed by atoms with van der Waals surface area (Å²) in [6, 6.07) is 9.31. The molecule has 0 aliphatic heterocycles. The Balaban J connectivity index is 2.22. The Labute approximate surface area is 124 Å². The summed E-state index contributed by atoms with van der Waals surface area (Å²) in [7, 11) is 2.85. The van der Waals surface area contributed by atoms with Crippen LogP contribution in [0.5, 0.6) is 0 Å². The van der Waals surface area contributed by atoms with Gasteiger partial charge in [0, 0.05) is 0 Å². The number of fused-ring (bicyclic) bond motifs is 3. The van der Waals surface area contributed by atoms with Crippen molar-refractivity contribution in [2.75, 3.05) is 0 Å². The van der Waals surface area contributed by atoms with Gasteiger partial charge in [-0.2, -0.15) is 0 Å². The predicted molar refractivity (Wildman–Crippen MR) is 91.6 cm³/mol. The Morgan fingerprint density at radius 3 is 1.85 bits per heavy atom. The Morgan fingerprint density at radius 1 is 0.850 bits per heavy atom. The fourth-order valence-corrected chi connectivity index (χ4v) is 4.06. The van der Waals surface area contributed by atoms with E-state index in [-0.39, 0.29) is 0 Å². The highest BCUT2D eigenvalue weighted by atomic mass is 31.0. The molecular weight excluding hydrogens is 259 g/mol. The van der Waals surface area contributed by atoms with E-state index in [4.69, 9.17) is 0 Å². The van der Waals surface area contributed by atoms with Crippen LogP contribution in [0.1, 0.15) is 40.3 Å². The summed E-state index contributed by atoms with van der Waals surface area (Å²) in [6.45, 7) is 6.84. The van der Waals surface area contributed by atoms with Crippen LogP contribution >= 0.6 is 9.24 Å². The molecule has 1 aliphatic rings. The molecule has 1 aliphatic carbocycles. The molecule has 2 aromatic rings. The SMILES string of the molecule is CCc1ccc2c(c1C)CCc1c-2ccc(CP)c1C. The minimum atomic E-state index is 1.06. The highest BCUT2D eigenvalue weighted by Crippen LogP contribution is 2.38. The van der Waals surface area contributed by atoms with Crippen LogP contribution in [0.25, 0.3) is 11.1 Å². The van der Waals surface area contributed by atoms with E-state index in [1.807, 2.05) is 0 Å². The third kappa shape index (κ3) is 2.02. The number of rotatable bonds is 2. The summed E-state index contributed by atoms with van der Waals surface area (Å²) in [6.07, 6.45) is 4.58. The molecule has 3 rings (SSSR count). The lowest BCUT2D eigenvalue weighted by Gasteiger charge is -2.25. The largest absolute Gasteiger partial charge is 0.133 e. The first-order chi connectivity index (χ1) is 9.67. The molecule has 0 bridgehead atoms. The van der Waals surface area contributed by atoms with Crippen molar-refractivity contribution in [1.29, 1.82) is 0 Å². The zero-order chi connectivity index (χ0) is 14.3. The number of hydrogen-bond acceptors (Lipinski definition) is 0. The maximum absolute atomic E-state index is 2.85. The zero-order valence-corrected chi connectivity index (χ0v) is 13.9. The average molecular weight is 282 g/mol. The molecule has 0 saturated carbocycles. The van der Waals surface area contributed by atoms with Crippen LogP contribution in [0.3, 0.4) is 0 Å². The normalized spacial score (nSPS) is 13.0. The van der Waals surface area contributed by atoms with E-state index >= 15 is 0 Å². The second-order valence-corrected chi connectivity index (χ2v) is 6.22. The van der Waals surface area contributed by atoms with Crippen molar-refractivity contribution >= 4 is 9.24 Å². The minimum absolute atomic E-state index is 1.06. The van der Waals surface area contributed by atoms with E-state index < -0.39 is 0 Å². The van der Waals surface area contributed by atoms with Gasteiger partial charge in [-0.3, -0.25) is 0 Å². The Morgan fingerprint density at radius 2 is 1.35 bits per heavy atom. The lowest BCUT2D eigenvalue weighted by molar-refractivity contribution is 0.908. The molecular formula is C19H23P. The summed E-state index contributed by atoms with van der Waals surface area (Å²) in [5.41, 5.74) is 12.1. The van der Waals surface area contributed by atoms with E-state index in [1.54, 1.807) is 11.1 Å². The second-order valence-electron chi connectivity index (χ2n) is 5.81. The van der Waals surface area contributed by atoms with Crippen LogP contribution < -0.4 is 0 Å². The summed E-state index contributed by atoms with van der Waals surface area (Å²) < 4.78 is 0. The molecule has 0 fully saturated rings. The van der Waals surface area contributed by atoms with E-state index in [2.05, 4.69) is 54.3 Å². The van der Waals surface area contributed by atoms with Crippen molar-refractivity contribution in [2.45, 2.75) is 46.2 Å². The quantitative estimate of drug-likeness (QED) is 0.679. The molecule has 0 nitrogen and oxygen atoms in total. The van der Waals surface area contributed by atoms with Gasteiger partial charge < -0.3 is 0 Å². The van der Waals surface area contributed by atoms with Gasteiger partial charge in [0.25, 0.3) is 0 Å². The first kappa shape index (κ1) is 13.8. The van der Waals surface area contributed by atoms with E-state index in [9.17, 15) is 0 Å². The second kappa shape index (κ2) is 5.34. The minimum Gasteiger partial charge on any atom is -0.133 e. The van der Waals surface area contributed by atoms with Crippen LogP contribution in [0.2, 0.25) is 0 Å².